The Morgan fingerprint density at radius 1 is 0.590 bits per heavy atom. The lowest BCUT2D eigenvalue weighted by atomic mass is 9.92. The van der Waals surface area contributed by atoms with E-state index in [4.69, 9.17) is 15.0 Å². The van der Waals surface area contributed by atoms with Crippen LogP contribution in [0.4, 0.5) is 0 Å². The number of pyridine rings is 1. The van der Waals surface area contributed by atoms with Gasteiger partial charge >= 0.3 is 0 Å². The van der Waals surface area contributed by atoms with Crippen LogP contribution in [0, 0.1) is 13.8 Å². The number of hydrogen-bond donors (Lipinski definition) is 0. The molecular formula is C34H33BrN4. The smallest absolute Gasteiger partial charge is 0.164 e. The fraction of sp³-hybridized carbons (Fsp3) is 0.235. The van der Waals surface area contributed by atoms with Gasteiger partial charge in [-0.15, -0.1) is 0 Å². The van der Waals surface area contributed by atoms with Crippen molar-refractivity contribution in [2.75, 3.05) is 0 Å². The van der Waals surface area contributed by atoms with E-state index < -0.39 is 0 Å². The van der Waals surface area contributed by atoms with Gasteiger partial charge in [0.25, 0.3) is 0 Å². The second-order valence-electron chi connectivity index (χ2n) is 10.7. The minimum absolute atomic E-state index is 0.229. The molecule has 3 aromatic carbocycles. The number of aryl methyl sites for hydroxylation is 2. The van der Waals surface area contributed by atoms with Gasteiger partial charge in [-0.05, 0) is 54.3 Å². The average Bonchev–Trinajstić information content (AvgIpc) is 2.92. The molecule has 0 unspecified atom stereocenters. The van der Waals surface area contributed by atoms with Crippen LogP contribution in [0.2, 0.25) is 0 Å². The third-order valence-electron chi connectivity index (χ3n) is 6.74. The van der Waals surface area contributed by atoms with Gasteiger partial charge in [0, 0.05) is 33.6 Å². The van der Waals surface area contributed by atoms with Gasteiger partial charge in [0.05, 0.1) is 5.69 Å². The summed E-state index contributed by atoms with van der Waals surface area (Å²) in [6, 6.07) is 25.8. The van der Waals surface area contributed by atoms with E-state index in [1.807, 2.05) is 18.3 Å². The first-order valence-corrected chi connectivity index (χ1v) is 14.2. The van der Waals surface area contributed by atoms with Crippen LogP contribution in [0.3, 0.4) is 0 Å². The Kier molecular flexibility index (Phi) is 7.72. The Balaban J connectivity index is 1.48. The van der Waals surface area contributed by atoms with Gasteiger partial charge in [-0.25, -0.2) is 15.0 Å². The molecule has 5 aromatic rings. The van der Waals surface area contributed by atoms with E-state index in [9.17, 15) is 0 Å². The van der Waals surface area contributed by atoms with Crippen LogP contribution in [0.1, 0.15) is 62.3 Å². The van der Waals surface area contributed by atoms with Crippen molar-refractivity contribution in [3.8, 4) is 44.9 Å². The lowest BCUT2D eigenvalue weighted by molar-refractivity contribution is 0.697. The summed E-state index contributed by atoms with van der Waals surface area (Å²) >= 11 is 3.86. The number of aromatic nitrogens is 4. The summed E-state index contributed by atoms with van der Waals surface area (Å²) < 4.78 is 1.03. The summed E-state index contributed by atoms with van der Waals surface area (Å²) in [7, 11) is 0. The predicted molar refractivity (Wildman–Crippen MR) is 165 cm³/mol. The van der Waals surface area contributed by atoms with Crippen molar-refractivity contribution in [1.29, 1.82) is 0 Å². The SMILES string of the molecule is Cc1cc(C)cc(-c2ccccc2-c2ccc(-c3ccc(-c4nc(C(C)C)nc(C(C)C)n4)cn3)cc2Br)c1. The second-order valence-corrected chi connectivity index (χ2v) is 11.6. The highest BCUT2D eigenvalue weighted by atomic mass is 79.9. The summed E-state index contributed by atoms with van der Waals surface area (Å²) in [5, 5.41) is 0. The molecule has 0 radical (unpaired) electrons. The first-order valence-electron chi connectivity index (χ1n) is 13.4. The normalized spacial score (nSPS) is 11.4. The monoisotopic (exact) mass is 576 g/mol. The molecule has 0 saturated heterocycles. The molecular weight excluding hydrogens is 544 g/mol. The van der Waals surface area contributed by atoms with Gasteiger partial charge < -0.3 is 0 Å². The van der Waals surface area contributed by atoms with Crippen molar-refractivity contribution >= 4 is 15.9 Å². The van der Waals surface area contributed by atoms with Gasteiger partial charge in [-0.2, -0.15) is 0 Å². The van der Waals surface area contributed by atoms with Crippen molar-refractivity contribution in [3.63, 3.8) is 0 Å². The highest BCUT2D eigenvalue weighted by molar-refractivity contribution is 9.10. The molecule has 0 bridgehead atoms. The molecule has 5 rings (SSSR count). The number of nitrogens with zero attached hydrogens (tertiary/aromatic N) is 4. The van der Waals surface area contributed by atoms with Crippen LogP contribution in [0.25, 0.3) is 44.9 Å². The molecule has 0 atom stereocenters. The maximum Gasteiger partial charge on any atom is 0.164 e. The number of hydrogen-bond acceptors (Lipinski definition) is 4. The van der Waals surface area contributed by atoms with Crippen molar-refractivity contribution < 1.29 is 0 Å². The van der Waals surface area contributed by atoms with Gasteiger partial charge in [0.2, 0.25) is 0 Å². The zero-order valence-electron chi connectivity index (χ0n) is 23.3. The first kappa shape index (κ1) is 26.9. The molecule has 5 heteroatoms. The molecule has 0 aliphatic heterocycles. The second kappa shape index (κ2) is 11.2. The lowest BCUT2D eigenvalue weighted by Gasteiger charge is -2.14. The predicted octanol–water partition coefficient (Wildman–Crippen LogP) is 9.56. The fourth-order valence-electron chi connectivity index (χ4n) is 4.74. The third-order valence-corrected chi connectivity index (χ3v) is 7.40. The maximum absolute atomic E-state index is 4.78. The van der Waals surface area contributed by atoms with Crippen LogP contribution in [0.15, 0.2) is 83.5 Å². The van der Waals surface area contributed by atoms with Crippen LogP contribution in [-0.2, 0) is 0 Å². The molecule has 0 amide bonds. The van der Waals surface area contributed by atoms with Gasteiger partial charge in [0.15, 0.2) is 5.82 Å². The van der Waals surface area contributed by atoms with E-state index in [0.717, 1.165) is 38.5 Å². The summed E-state index contributed by atoms with van der Waals surface area (Å²) in [6.07, 6.45) is 1.86. The van der Waals surface area contributed by atoms with E-state index in [0.29, 0.717) is 5.82 Å². The largest absolute Gasteiger partial charge is 0.255 e. The molecule has 4 nitrogen and oxygen atoms in total. The number of halogens is 1. The zero-order chi connectivity index (χ0) is 27.7. The molecule has 2 heterocycles. The highest BCUT2D eigenvalue weighted by Gasteiger charge is 2.15. The standard InChI is InChI=1S/C34H33BrN4/c1-20(2)32-37-33(21(3)4)39-34(38-32)25-12-14-31(36-19-25)24-11-13-29(30(35)18-24)28-10-8-7-9-27(28)26-16-22(5)15-23(6)17-26/h7-21H,1-6H3. The van der Waals surface area contributed by atoms with E-state index in [2.05, 4.69) is 123 Å². The molecule has 0 N–H and O–H groups in total. The number of benzene rings is 3. The van der Waals surface area contributed by atoms with Gasteiger partial charge in [0.1, 0.15) is 11.6 Å². The highest BCUT2D eigenvalue weighted by Crippen LogP contribution is 2.38. The molecule has 0 fully saturated rings. The number of rotatable bonds is 6. The zero-order valence-corrected chi connectivity index (χ0v) is 24.9. The first-order chi connectivity index (χ1) is 18.7. The van der Waals surface area contributed by atoms with Crippen molar-refractivity contribution in [3.05, 3.63) is 106 Å². The fourth-order valence-corrected chi connectivity index (χ4v) is 5.34. The van der Waals surface area contributed by atoms with Crippen LogP contribution >= 0.6 is 15.9 Å². The average molecular weight is 578 g/mol. The van der Waals surface area contributed by atoms with Gasteiger partial charge in [-0.1, -0.05) is 109 Å². The summed E-state index contributed by atoms with van der Waals surface area (Å²) in [5.74, 6) is 2.76. The minimum atomic E-state index is 0.229. The molecule has 39 heavy (non-hydrogen) atoms. The van der Waals surface area contributed by atoms with E-state index in [1.54, 1.807) is 0 Å². The van der Waals surface area contributed by atoms with E-state index >= 15 is 0 Å². The quantitative estimate of drug-likeness (QED) is 0.202. The molecule has 0 saturated carbocycles. The van der Waals surface area contributed by atoms with Crippen molar-refractivity contribution in [2.45, 2.75) is 53.4 Å². The minimum Gasteiger partial charge on any atom is -0.255 e. The maximum atomic E-state index is 4.78. The Morgan fingerprint density at radius 2 is 1.21 bits per heavy atom. The Bertz CT molecular complexity index is 1590. The van der Waals surface area contributed by atoms with E-state index in [-0.39, 0.29) is 11.8 Å². The molecule has 196 valence electrons. The Labute approximate surface area is 239 Å². The van der Waals surface area contributed by atoms with Crippen molar-refractivity contribution in [1.82, 2.24) is 19.9 Å². The van der Waals surface area contributed by atoms with Crippen LogP contribution in [0.5, 0.6) is 0 Å². The Morgan fingerprint density at radius 3 is 1.77 bits per heavy atom. The van der Waals surface area contributed by atoms with Crippen LogP contribution in [-0.4, -0.2) is 19.9 Å². The summed E-state index contributed by atoms with van der Waals surface area (Å²) in [5.41, 5.74) is 10.2. The summed E-state index contributed by atoms with van der Waals surface area (Å²) in [6.45, 7) is 12.7. The molecule has 0 spiro atoms. The van der Waals surface area contributed by atoms with Gasteiger partial charge in [-0.3, -0.25) is 4.98 Å². The molecule has 0 aliphatic carbocycles. The van der Waals surface area contributed by atoms with Crippen LogP contribution < -0.4 is 0 Å². The van der Waals surface area contributed by atoms with E-state index in [1.165, 1.54) is 27.8 Å². The van der Waals surface area contributed by atoms with Crippen molar-refractivity contribution in [2.24, 2.45) is 0 Å². The lowest BCUT2D eigenvalue weighted by Crippen LogP contribution is -2.08. The third kappa shape index (κ3) is 5.84. The Hall–Kier alpha value is -3.70. The molecule has 0 aliphatic rings. The topological polar surface area (TPSA) is 51.6 Å². The molecule has 2 aromatic heterocycles. The summed E-state index contributed by atoms with van der Waals surface area (Å²) in [4.78, 5) is 18.9.